The largest absolute Gasteiger partial charge is 0.406 e. The van der Waals surface area contributed by atoms with Crippen LogP contribution in [0.1, 0.15) is 30.1 Å². The zero-order valence-corrected chi connectivity index (χ0v) is 13.1. The highest BCUT2D eigenvalue weighted by atomic mass is 79.9. The third kappa shape index (κ3) is 5.32. The van der Waals surface area contributed by atoms with Crippen molar-refractivity contribution >= 4 is 33.4 Å². The fourth-order valence-corrected chi connectivity index (χ4v) is 2.13. The zero-order chi connectivity index (χ0) is 15.3. The van der Waals surface area contributed by atoms with Gasteiger partial charge in [0.15, 0.2) is 0 Å². The summed E-state index contributed by atoms with van der Waals surface area (Å²) in [7, 11) is 0. The van der Waals surface area contributed by atoms with Crippen molar-refractivity contribution in [1.29, 1.82) is 0 Å². The molecule has 0 heterocycles. The molecule has 0 radical (unpaired) electrons. The Morgan fingerprint density at radius 1 is 1.40 bits per heavy atom. The summed E-state index contributed by atoms with van der Waals surface area (Å²) >= 11 is 8.96. The molecule has 0 aliphatic rings. The van der Waals surface area contributed by atoms with Crippen molar-refractivity contribution in [2.24, 2.45) is 0 Å². The lowest BCUT2D eigenvalue weighted by Crippen LogP contribution is -2.39. The molecule has 0 aromatic heterocycles. The Morgan fingerprint density at radius 2 is 2.05 bits per heavy atom. The van der Waals surface area contributed by atoms with Crippen molar-refractivity contribution in [3.8, 4) is 0 Å². The highest BCUT2D eigenvalue weighted by molar-refractivity contribution is 9.10. The number of benzene rings is 1. The lowest BCUT2D eigenvalue weighted by atomic mass is 10.2. The molecule has 20 heavy (non-hydrogen) atoms. The van der Waals surface area contributed by atoms with Crippen LogP contribution in [-0.2, 0) is 0 Å². The Bertz CT molecular complexity index is 479. The van der Waals surface area contributed by atoms with E-state index in [1.165, 1.54) is 18.2 Å². The van der Waals surface area contributed by atoms with Crippen molar-refractivity contribution in [1.82, 2.24) is 4.90 Å². The van der Waals surface area contributed by atoms with Crippen LogP contribution in [0, 0.1) is 0 Å². The minimum atomic E-state index is -4.41. The molecule has 0 aliphatic heterocycles. The number of carbonyl (C=O) groups is 1. The van der Waals surface area contributed by atoms with Crippen molar-refractivity contribution in [3.05, 3.63) is 33.3 Å². The molecular formula is C13H14BrClF3NO. The summed E-state index contributed by atoms with van der Waals surface area (Å²) in [4.78, 5) is 13.0. The van der Waals surface area contributed by atoms with E-state index in [9.17, 15) is 18.0 Å². The smallest absolute Gasteiger partial charge is 0.330 e. The second kappa shape index (κ2) is 7.31. The minimum Gasteiger partial charge on any atom is -0.330 e. The van der Waals surface area contributed by atoms with Gasteiger partial charge < -0.3 is 4.90 Å². The maximum atomic E-state index is 12.5. The van der Waals surface area contributed by atoms with Crippen LogP contribution in [0.15, 0.2) is 22.7 Å². The fraction of sp³-hybridized carbons (Fsp3) is 0.462. The predicted molar refractivity (Wildman–Crippen MR) is 76.0 cm³/mol. The lowest BCUT2D eigenvalue weighted by Gasteiger charge is -2.24. The molecule has 1 amide bonds. The number of alkyl halides is 3. The van der Waals surface area contributed by atoms with Gasteiger partial charge >= 0.3 is 6.18 Å². The van der Waals surface area contributed by atoms with Gasteiger partial charge in [0.2, 0.25) is 0 Å². The molecular weight excluding hydrogens is 358 g/mol. The highest BCUT2D eigenvalue weighted by Gasteiger charge is 2.33. The van der Waals surface area contributed by atoms with Gasteiger partial charge in [-0.3, -0.25) is 4.79 Å². The molecule has 0 atom stereocenters. The Hall–Kier alpha value is -0.750. The van der Waals surface area contributed by atoms with Crippen LogP contribution in [0.4, 0.5) is 13.2 Å². The van der Waals surface area contributed by atoms with Crippen LogP contribution < -0.4 is 0 Å². The van der Waals surface area contributed by atoms with Gasteiger partial charge in [-0.2, -0.15) is 13.2 Å². The Morgan fingerprint density at radius 3 is 2.55 bits per heavy atom. The quantitative estimate of drug-likeness (QED) is 0.719. The number of nitrogens with zero attached hydrogens (tertiary/aromatic N) is 1. The molecule has 2 nitrogen and oxygen atoms in total. The maximum Gasteiger partial charge on any atom is 0.406 e. The van der Waals surface area contributed by atoms with Gasteiger partial charge in [0.05, 0.1) is 5.02 Å². The lowest BCUT2D eigenvalue weighted by molar-refractivity contribution is -0.140. The van der Waals surface area contributed by atoms with E-state index in [4.69, 9.17) is 11.6 Å². The van der Waals surface area contributed by atoms with Gasteiger partial charge in [-0.1, -0.05) is 24.9 Å². The first-order valence-corrected chi connectivity index (χ1v) is 7.22. The summed E-state index contributed by atoms with van der Waals surface area (Å²) in [5.74, 6) is -0.645. The molecule has 0 bridgehead atoms. The van der Waals surface area contributed by atoms with Crippen molar-refractivity contribution in [3.63, 3.8) is 0 Å². The Kier molecular flexibility index (Phi) is 6.33. The van der Waals surface area contributed by atoms with Gasteiger partial charge in [0.25, 0.3) is 5.91 Å². The van der Waals surface area contributed by atoms with E-state index < -0.39 is 18.6 Å². The fourth-order valence-electron chi connectivity index (χ4n) is 1.63. The third-order valence-electron chi connectivity index (χ3n) is 2.61. The first-order chi connectivity index (χ1) is 9.24. The van der Waals surface area contributed by atoms with Crippen molar-refractivity contribution in [2.45, 2.75) is 25.9 Å². The summed E-state index contributed by atoms with van der Waals surface area (Å²) in [6, 6.07) is 4.33. The van der Waals surface area contributed by atoms with E-state index in [1.807, 2.05) is 6.92 Å². The molecule has 0 saturated carbocycles. The number of hydrogen-bond donors (Lipinski definition) is 0. The zero-order valence-electron chi connectivity index (χ0n) is 10.8. The number of amides is 1. The maximum absolute atomic E-state index is 12.5. The average molecular weight is 373 g/mol. The second-order valence-electron chi connectivity index (χ2n) is 4.32. The average Bonchev–Trinajstić information content (AvgIpc) is 2.35. The molecule has 0 N–H and O–H groups in total. The van der Waals surface area contributed by atoms with Crippen molar-refractivity contribution < 1.29 is 18.0 Å². The monoisotopic (exact) mass is 371 g/mol. The molecule has 112 valence electrons. The molecule has 0 fully saturated rings. The summed E-state index contributed by atoms with van der Waals surface area (Å²) in [5.41, 5.74) is 0.182. The number of unbranched alkanes of at least 4 members (excludes halogenated alkanes) is 1. The summed E-state index contributed by atoms with van der Waals surface area (Å²) in [5, 5.41) is 0.400. The molecule has 0 saturated heterocycles. The SMILES string of the molecule is CCCCN(CC(F)(F)F)C(=O)c1ccc(Cl)c(Br)c1. The van der Waals surface area contributed by atoms with E-state index in [1.54, 1.807) is 0 Å². The van der Waals surface area contributed by atoms with E-state index >= 15 is 0 Å². The minimum absolute atomic E-state index is 0.0785. The van der Waals surface area contributed by atoms with Gasteiger partial charge in [-0.05, 0) is 40.5 Å². The molecule has 7 heteroatoms. The van der Waals surface area contributed by atoms with Crippen LogP contribution in [0.5, 0.6) is 0 Å². The first kappa shape index (κ1) is 17.3. The van der Waals surface area contributed by atoms with Gasteiger partial charge in [0.1, 0.15) is 6.54 Å². The van der Waals surface area contributed by atoms with E-state index in [2.05, 4.69) is 15.9 Å². The summed E-state index contributed by atoms with van der Waals surface area (Å²) < 4.78 is 38.1. The normalized spacial score (nSPS) is 11.5. The van der Waals surface area contributed by atoms with E-state index in [0.717, 1.165) is 4.90 Å². The molecule has 0 unspecified atom stereocenters. The molecule has 1 aromatic rings. The molecule has 1 aromatic carbocycles. The van der Waals surface area contributed by atoms with Gasteiger partial charge in [0, 0.05) is 16.6 Å². The summed E-state index contributed by atoms with van der Waals surface area (Å²) in [6.45, 7) is 0.691. The molecule has 1 rings (SSSR count). The first-order valence-electron chi connectivity index (χ1n) is 6.05. The number of carbonyl (C=O) groups excluding carboxylic acids is 1. The molecule has 0 spiro atoms. The van der Waals surface area contributed by atoms with Crippen LogP contribution in [-0.4, -0.2) is 30.1 Å². The van der Waals surface area contributed by atoms with Crippen LogP contribution >= 0.6 is 27.5 Å². The third-order valence-corrected chi connectivity index (χ3v) is 3.82. The van der Waals surface area contributed by atoms with Crippen LogP contribution in [0.3, 0.4) is 0 Å². The van der Waals surface area contributed by atoms with Crippen LogP contribution in [0.2, 0.25) is 5.02 Å². The number of halogens is 5. The van der Waals surface area contributed by atoms with E-state index in [0.29, 0.717) is 22.3 Å². The van der Waals surface area contributed by atoms with Crippen molar-refractivity contribution in [2.75, 3.05) is 13.1 Å². The van der Waals surface area contributed by atoms with Crippen LogP contribution in [0.25, 0.3) is 0 Å². The molecule has 0 aliphatic carbocycles. The Labute approximate surface area is 129 Å². The highest BCUT2D eigenvalue weighted by Crippen LogP contribution is 2.25. The standard InChI is InChI=1S/C13H14BrClF3NO/c1-2-3-6-19(8-13(16,17)18)12(20)9-4-5-11(15)10(14)7-9/h4-5,7H,2-3,6,8H2,1H3. The predicted octanol–water partition coefficient (Wildman–Crippen LogP) is 4.91. The number of hydrogen-bond acceptors (Lipinski definition) is 1. The number of rotatable bonds is 5. The van der Waals surface area contributed by atoms with E-state index in [-0.39, 0.29) is 12.1 Å². The van der Waals surface area contributed by atoms with Gasteiger partial charge in [-0.15, -0.1) is 0 Å². The summed E-state index contributed by atoms with van der Waals surface area (Å²) in [6.07, 6.45) is -3.17. The second-order valence-corrected chi connectivity index (χ2v) is 5.59. The van der Waals surface area contributed by atoms with Gasteiger partial charge in [-0.25, -0.2) is 0 Å². The topological polar surface area (TPSA) is 20.3 Å². The Balaban J connectivity index is 2.93.